The SMILES string of the molecule is COc1cc(N=C2NC(=O)S/C2=C\c2ccc3ncccc3c2)cc(OC)c1. The van der Waals surface area contributed by atoms with E-state index in [-0.39, 0.29) is 5.24 Å². The van der Waals surface area contributed by atoms with E-state index in [1.807, 2.05) is 36.4 Å². The quantitative estimate of drug-likeness (QED) is 0.693. The van der Waals surface area contributed by atoms with Gasteiger partial charge >= 0.3 is 0 Å². The van der Waals surface area contributed by atoms with Gasteiger partial charge in [0.05, 0.1) is 30.3 Å². The Kier molecular flexibility index (Phi) is 4.99. The van der Waals surface area contributed by atoms with E-state index in [4.69, 9.17) is 9.47 Å². The first-order valence-corrected chi connectivity index (χ1v) is 9.34. The van der Waals surface area contributed by atoms with E-state index in [0.29, 0.717) is 23.0 Å². The Morgan fingerprint density at radius 1 is 1.07 bits per heavy atom. The molecule has 1 aromatic heterocycles. The predicted molar refractivity (Wildman–Crippen MR) is 112 cm³/mol. The number of ether oxygens (including phenoxy) is 2. The maximum Gasteiger partial charge on any atom is 0.289 e. The van der Waals surface area contributed by atoms with Crippen molar-refractivity contribution >= 4 is 45.5 Å². The van der Waals surface area contributed by atoms with Crippen LogP contribution >= 0.6 is 11.8 Å². The number of aromatic nitrogens is 1. The summed E-state index contributed by atoms with van der Waals surface area (Å²) < 4.78 is 10.6. The molecule has 0 atom stereocenters. The fourth-order valence-electron chi connectivity index (χ4n) is 2.83. The van der Waals surface area contributed by atoms with Crippen molar-refractivity contribution in [2.45, 2.75) is 0 Å². The number of benzene rings is 2. The number of amidine groups is 1. The summed E-state index contributed by atoms with van der Waals surface area (Å²) in [7, 11) is 3.16. The first kappa shape index (κ1) is 18.1. The molecule has 2 aromatic carbocycles. The molecule has 3 aromatic rings. The number of hydrogen-bond donors (Lipinski definition) is 1. The highest BCUT2D eigenvalue weighted by molar-refractivity contribution is 8.18. The number of carbonyl (C=O) groups is 1. The van der Waals surface area contributed by atoms with Crippen LogP contribution in [-0.2, 0) is 0 Å². The molecule has 2 heterocycles. The van der Waals surface area contributed by atoms with Gasteiger partial charge < -0.3 is 14.8 Å². The molecule has 28 heavy (non-hydrogen) atoms. The summed E-state index contributed by atoms with van der Waals surface area (Å²) in [6, 6.07) is 15.2. The second-order valence-electron chi connectivity index (χ2n) is 6.01. The molecule has 4 rings (SSSR count). The van der Waals surface area contributed by atoms with Crippen LogP contribution in [0.3, 0.4) is 0 Å². The van der Waals surface area contributed by atoms with E-state index in [1.165, 1.54) is 0 Å². The number of thioether (sulfide) groups is 1. The lowest BCUT2D eigenvalue weighted by Gasteiger charge is -2.06. The van der Waals surface area contributed by atoms with Crippen LogP contribution < -0.4 is 14.8 Å². The fourth-order valence-corrected chi connectivity index (χ4v) is 3.57. The van der Waals surface area contributed by atoms with Crippen molar-refractivity contribution in [1.82, 2.24) is 10.3 Å². The van der Waals surface area contributed by atoms with Crippen molar-refractivity contribution in [2.75, 3.05) is 14.2 Å². The minimum absolute atomic E-state index is 0.165. The molecule has 0 saturated carbocycles. The molecule has 0 unspecified atom stereocenters. The van der Waals surface area contributed by atoms with Crippen LogP contribution in [0.2, 0.25) is 0 Å². The van der Waals surface area contributed by atoms with Crippen LogP contribution in [0, 0.1) is 0 Å². The lowest BCUT2D eigenvalue weighted by atomic mass is 10.1. The van der Waals surface area contributed by atoms with Crippen LogP contribution in [0.15, 0.2) is 64.6 Å². The van der Waals surface area contributed by atoms with Crippen LogP contribution in [-0.4, -0.2) is 30.3 Å². The van der Waals surface area contributed by atoms with E-state index < -0.39 is 0 Å². The number of carbonyl (C=O) groups excluding carboxylic acids is 1. The maximum atomic E-state index is 12.0. The molecular formula is C21H17N3O3S. The van der Waals surface area contributed by atoms with Crippen molar-refractivity contribution < 1.29 is 14.3 Å². The molecule has 1 fully saturated rings. The van der Waals surface area contributed by atoms with E-state index in [1.54, 1.807) is 38.6 Å². The highest BCUT2D eigenvalue weighted by atomic mass is 32.2. The van der Waals surface area contributed by atoms with Crippen molar-refractivity contribution in [3.05, 3.63) is 65.2 Å². The van der Waals surface area contributed by atoms with Gasteiger partial charge in [0.2, 0.25) is 0 Å². The van der Waals surface area contributed by atoms with Gasteiger partial charge in [-0.15, -0.1) is 0 Å². The topological polar surface area (TPSA) is 72.8 Å². The molecule has 1 aliphatic rings. The predicted octanol–water partition coefficient (Wildman–Crippen LogP) is 4.78. The summed E-state index contributed by atoms with van der Waals surface area (Å²) >= 11 is 1.12. The van der Waals surface area contributed by atoms with Gasteiger partial charge in [-0.05, 0) is 41.6 Å². The van der Waals surface area contributed by atoms with Crippen molar-refractivity contribution in [3.63, 3.8) is 0 Å². The zero-order valence-corrected chi connectivity index (χ0v) is 16.1. The van der Waals surface area contributed by atoms with E-state index in [2.05, 4.69) is 15.3 Å². The third-order valence-electron chi connectivity index (χ3n) is 4.16. The Balaban J connectivity index is 1.72. The van der Waals surface area contributed by atoms with Gasteiger partial charge in [0, 0.05) is 29.8 Å². The lowest BCUT2D eigenvalue weighted by molar-refractivity contribution is 0.265. The van der Waals surface area contributed by atoms with Gasteiger partial charge in [-0.3, -0.25) is 9.78 Å². The van der Waals surface area contributed by atoms with Crippen molar-refractivity contribution in [3.8, 4) is 11.5 Å². The van der Waals surface area contributed by atoms with Gasteiger partial charge in [-0.2, -0.15) is 0 Å². The Labute approximate surface area is 166 Å². The molecule has 140 valence electrons. The van der Waals surface area contributed by atoms with Gasteiger partial charge in [-0.25, -0.2) is 4.99 Å². The second kappa shape index (κ2) is 7.74. The first-order valence-electron chi connectivity index (χ1n) is 8.52. The molecule has 0 radical (unpaired) electrons. The van der Waals surface area contributed by atoms with Gasteiger partial charge in [-0.1, -0.05) is 12.1 Å². The maximum absolute atomic E-state index is 12.0. The number of fused-ring (bicyclic) bond motifs is 1. The van der Waals surface area contributed by atoms with Crippen molar-refractivity contribution in [2.24, 2.45) is 4.99 Å². The molecule has 1 N–H and O–H groups in total. The largest absolute Gasteiger partial charge is 0.497 e. The average Bonchev–Trinajstić information content (AvgIpc) is 3.06. The number of nitrogens with zero attached hydrogens (tertiary/aromatic N) is 2. The normalized spacial score (nSPS) is 16.6. The van der Waals surface area contributed by atoms with Gasteiger partial charge in [0.15, 0.2) is 0 Å². The minimum Gasteiger partial charge on any atom is -0.497 e. The van der Waals surface area contributed by atoms with Crippen LogP contribution in [0.1, 0.15) is 5.56 Å². The van der Waals surface area contributed by atoms with Crippen LogP contribution in [0.5, 0.6) is 11.5 Å². The number of pyridine rings is 1. The summed E-state index contributed by atoms with van der Waals surface area (Å²) in [5.74, 6) is 1.75. The first-order chi connectivity index (χ1) is 13.6. The van der Waals surface area contributed by atoms with E-state index in [9.17, 15) is 4.79 Å². The molecule has 0 aliphatic carbocycles. The lowest BCUT2D eigenvalue weighted by Crippen LogP contribution is -2.18. The third kappa shape index (κ3) is 3.84. The molecule has 6 nitrogen and oxygen atoms in total. The Bertz CT molecular complexity index is 1100. The van der Waals surface area contributed by atoms with Gasteiger partial charge in [0.25, 0.3) is 5.24 Å². The zero-order chi connectivity index (χ0) is 19.5. The van der Waals surface area contributed by atoms with Crippen molar-refractivity contribution in [1.29, 1.82) is 0 Å². The van der Waals surface area contributed by atoms with Crippen LogP contribution in [0.25, 0.3) is 17.0 Å². The highest BCUT2D eigenvalue weighted by Crippen LogP contribution is 2.32. The highest BCUT2D eigenvalue weighted by Gasteiger charge is 2.23. The second-order valence-corrected chi connectivity index (χ2v) is 7.02. The monoisotopic (exact) mass is 391 g/mol. The Morgan fingerprint density at radius 3 is 2.61 bits per heavy atom. The van der Waals surface area contributed by atoms with E-state index >= 15 is 0 Å². The number of rotatable bonds is 4. The number of methoxy groups -OCH3 is 2. The van der Waals surface area contributed by atoms with Gasteiger partial charge in [0.1, 0.15) is 17.3 Å². The third-order valence-corrected chi connectivity index (χ3v) is 4.98. The summed E-state index contributed by atoms with van der Waals surface area (Å²) in [5, 5.41) is 3.67. The molecule has 7 heteroatoms. The summed E-state index contributed by atoms with van der Waals surface area (Å²) in [6.45, 7) is 0. The summed E-state index contributed by atoms with van der Waals surface area (Å²) in [5.41, 5.74) is 2.52. The minimum atomic E-state index is -0.165. The molecular weight excluding hydrogens is 374 g/mol. The fraction of sp³-hybridized carbons (Fsp3) is 0.0952. The smallest absolute Gasteiger partial charge is 0.289 e. The number of aliphatic imine (C=N–C) groups is 1. The Hall–Kier alpha value is -3.32. The zero-order valence-electron chi connectivity index (χ0n) is 15.3. The average molecular weight is 391 g/mol. The molecule has 1 saturated heterocycles. The number of hydrogen-bond acceptors (Lipinski definition) is 6. The number of amides is 1. The Morgan fingerprint density at radius 2 is 1.86 bits per heavy atom. The molecule has 1 amide bonds. The molecule has 1 aliphatic heterocycles. The van der Waals surface area contributed by atoms with E-state index in [0.717, 1.165) is 33.1 Å². The standard InChI is InChI=1S/C21H17N3O3S/c1-26-16-10-15(11-17(12-16)27-2)23-20-19(28-21(25)24-20)9-13-5-6-18-14(8-13)4-3-7-22-18/h3-12H,1-2H3,(H,23,24,25)/b19-9-. The van der Waals surface area contributed by atoms with Crippen LogP contribution in [0.4, 0.5) is 10.5 Å². The molecule has 0 spiro atoms. The number of nitrogens with one attached hydrogen (secondary N) is 1. The summed E-state index contributed by atoms with van der Waals surface area (Å²) in [6.07, 6.45) is 3.70. The molecule has 0 bridgehead atoms. The summed E-state index contributed by atoms with van der Waals surface area (Å²) in [4.78, 5) is 21.6.